The van der Waals surface area contributed by atoms with Crippen LogP contribution in [0.15, 0.2) is 30.3 Å². The number of aliphatic hydroxyl groups excluding tert-OH is 1. The van der Waals surface area contributed by atoms with E-state index in [-0.39, 0.29) is 18.6 Å². The lowest BCUT2D eigenvalue weighted by Gasteiger charge is -2.16. The van der Waals surface area contributed by atoms with Crippen LogP contribution in [0.4, 0.5) is 0 Å². The van der Waals surface area contributed by atoms with Crippen LogP contribution < -0.4 is 5.32 Å². The highest BCUT2D eigenvalue weighted by Gasteiger charge is 2.12. The van der Waals surface area contributed by atoms with E-state index in [4.69, 9.17) is 0 Å². The molecule has 17 heavy (non-hydrogen) atoms. The van der Waals surface area contributed by atoms with Gasteiger partial charge in [0.25, 0.3) is 0 Å². The Morgan fingerprint density at radius 2 is 2.00 bits per heavy atom. The molecule has 3 heteroatoms. The number of amides is 1. The van der Waals surface area contributed by atoms with E-state index < -0.39 is 0 Å². The van der Waals surface area contributed by atoms with Gasteiger partial charge in [0.15, 0.2) is 0 Å². The first-order chi connectivity index (χ1) is 8.27. The van der Waals surface area contributed by atoms with Crippen molar-refractivity contribution in [2.24, 2.45) is 0 Å². The number of carbonyl (C=O) groups excluding carboxylic acids is 1. The van der Waals surface area contributed by atoms with Gasteiger partial charge in [-0.2, -0.15) is 0 Å². The number of hydrogen-bond acceptors (Lipinski definition) is 2. The fourth-order valence-electron chi connectivity index (χ4n) is 1.72. The van der Waals surface area contributed by atoms with E-state index >= 15 is 0 Å². The molecule has 3 nitrogen and oxygen atoms in total. The Morgan fingerprint density at radius 3 is 2.59 bits per heavy atom. The maximum Gasteiger partial charge on any atom is 0.220 e. The van der Waals surface area contributed by atoms with Crippen LogP contribution in [0, 0.1) is 0 Å². The van der Waals surface area contributed by atoms with Crippen molar-refractivity contribution in [2.45, 2.75) is 38.6 Å². The molecule has 1 aromatic rings. The van der Waals surface area contributed by atoms with Crippen molar-refractivity contribution in [1.29, 1.82) is 0 Å². The lowest BCUT2D eigenvalue weighted by molar-refractivity contribution is -0.122. The summed E-state index contributed by atoms with van der Waals surface area (Å²) in [6.07, 6.45) is 3.63. The molecule has 0 spiro atoms. The first-order valence-electron chi connectivity index (χ1n) is 6.23. The smallest absolute Gasteiger partial charge is 0.220 e. The number of hydrogen-bond donors (Lipinski definition) is 2. The van der Waals surface area contributed by atoms with Gasteiger partial charge in [-0.3, -0.25) is 4.79 Å². The van der Waals surface area contributed by atoms with Gasteiger partial charge in [0, 0.05) is 6.42 Å². The normalized spacial score (nSPS) is 12.1. The van der Waals surface area contributed by atoms with Crippen LogP contribution in [-0.2, 0) is 4.79 Å². The minimum atomic E-state index is -0.287. The average Bonchev–Trinajstić information content (AvgIpc) is 2.37. The van der Waals surface area contributed by atoms with Crippen LogP contribution in [0.3, 0.4) is 0 Å². The number of nitrogens with one attached hydrogen (secondary N) is 1. The topological polar surface area (TPSA) is 49.3 Å². The predicted molar refractivity (Wildman–Crippen MR) is 68.6 cm³/mol. The van der Waals surface area contributed by atoms with Crippen LogP contribution in [0.1, 0.15) is 44.2 Å². The van der Waals surface area contributed by atoms with Crippen LogP contribution in [-0.4, -0.2) is 17.6 Å². The van der Waals surface area contributed by atoms with E-state index in [1.165, 1.54) is 0 Å². The van der Waals surface area contributed by atoms with Gasteiger partial charge in [-0.15, -0.1) is 0 Å². The van der Waals surface area contributed by atoms with Gasteiger partial charge in [-0.1, -0.05) is 50.1 Å². The summed E-state index contributed by atoms with van der Waals surface area (Å²) in [5, 5.41) is 12.1. The van der Waals surface area contributed by atoms with Crippen molar-refractivity contribution in [3.05, 3.63) is 35.9 Å². The van der Waals surface area contributed by atoms with Gasteiger partial charge >= 0.3 is 0 Å². The molecular weight excluding hydrogens is 214 g/mol. The van der Waals surface area contributed by atoms with Crippen molar-refractivity contribution in [2.75, 3.05) is 6.61 Å². The third kappa shape index (κ3) is 5.00. The van der Waals surface area contributed by atoms with Crippen LogP contribution in [0.2, 0.25) is 0 Å². The molecule has 1 atom stereocenters. The minimum Gasteiger partial charge on any atom is -0.394 e. The molecular formula is C14H21NO2. The highest BCUT2D eigenvalue weighted by molar-refractivity contribution is 5.76. The minimum absolute atomic E-state index is 0.0151. The molecule has 0 bridgehead atoms. The number of unbranched alkanes of at least 4 members (excludes halogenated alkanes) is 2. The Labute approximate surface area is 103 Å². The molecule has 0 fully saturated rings. The molecule has 94 valence electrons. The molecule has 0 radical (unpaired) electrons. The number of carbonyl (C=O) groups is 1. The number of aliphatic hydroxyl groups is 1. The largest absolute Gasteiger partial charge is 0.394 e. The fourth-order valence-corrected chi connectivity index (χ4v) is 1.72. The van der Waals surface area contributed by atoms with Gasteiger partial charge in [0.2, 0.25) is 5.91 Å². The van der Waals surface area contributed by atoms with E-state index in [0.717, 1.165) is 24.8 Å². The summed E-state index contributed by atoms with van der Waals surface area (Å²) in [5.74, 6) is 0.0151. The van der Waals surface area contributed by atoms with E-state index in [2.05, 4.69) is 12.2 Å². The van der Waals surface area contributed by atoms with Gasteiger partial charge in [-0.05, 0) is 12.0 Å². The molecule has 0 aliphatic heterocycles. The summed E-state index contributed by atoms with van der Waals surface area (Å²) in [6.45, 7) is 2.04. The van der Waals surface area contributed by atoms with Crippen LogP contribution >= 0.6 is 0 Å². The second-order valence-electron chi connectivity index (χ2n) is 4.17. The molecule has 0 aliphatic carbocycles. The van der Waals surface area contributed by atoms with Gasteiger partial charge in [0.05, 0.1) is 12.6 Å². The Balaban J connectivity index is 2.44. The molecule has 0 aliphatic rings. The zero-order valence-electron chi connectivity index (χ0n) is 10.4. The monoisotopic (exact) mass is 235 g/mol. The molecule has 0 saturated heterocycles. The zero-order valence-corrected chi connectivity index (χ0v) is 10.4. The summed E-state index contributed by atoms with van der Waals surface area (Å²) >= 11 is 0. The Hall–Kier alpha value is -1.35. The molecule has 0 saturated carbocycles. The Morgan fingerprint density at radius 1 is 1.29 bits per heavy atom. The third-order valence-electron chi connectivity index (χ3n) is 2.73. The summed E-state index contributed by atoms with van der Waals surface area (Å²) in [5.41, 5.74) is 0.943. The molecule has 1 amide bonds. The van der Waals surface area contributed by atoms with E-state index in [1.807, 2.05) is 30.3 Å². The molecule has 1 unspecified atom stereocenters. The van der Waals surface area contributed by atoms with Crippen molar-refractivity contribution >= 4 is 5.91 Å². The van der Waals surface area contributed by atoms with Crippen molar-refractivity contribution in [3.63, 3.8) is 0 Å². The maximum atomic E-state index is 11.6. The SMILES string of the molecule is CCCCCC(=O)NC(CO)c1ccccc1. The van der Waals surface area contributed by atoms with Crippen molar-refractivity contribution in [3.8, 4) is 0 Å². The van der Waals surface area contributed by atoms with Gasteiger partial charge in [0.1, 0.15) is 0 Å². The van der Waals surface area contributed by atoms with E-state index in [9.17, 15) is 9.90 Å². The zero-order chi connectivity index (χ0) is 12.5. The standard InChI is InChI=1S/C14H21NO2/c1-2-3-5-10-14(17)15-13(11-16)12-8-6-4-7-9-12/h4,6-9,13,16H,2-3,5,10-11H2,1H3,(H,15,17). The first kappa shape index (κ1) is 13.7. The molecule has 2 N–H and O–H groups in total. The molecule has 0 aromatic heterocycles. The van der Waals surface area contributed by atoms with Crippen molar-refractivity contribution in [1.82, 2.24) is 5.32 Å². The quantitative estimate of drug-likeness (QED) is 0.713. The van der Waals surface area contributed by atoms with Gasteiger partial charge < -0.3 is 10.4 Å². The highest BCUT2D eigenvalue weighted by atomic mass is 16.3. The second-order valence-corrected chi connectivity index (χ2v) is 4.17. The second kappa shape index (κ2) is 7.85. The summed E-state index contributed by atoms with van der Waals surface area (Å²) < 4.78 is 0. The van der Waals surface area contributed by atoms with E-state index in [1.54, 1.807) is 0 Å². The molecule has 1 rings (SSSR count). The first-order valence-corrected chi connectivity index (χ1v) is 6.23. The summed E-state index contributed by atoms with van der Waals surface area (Å²) in [4.78, 5) is 11.6. The van der Waals surface area contributed by atoms with Crippen LogP contribution in [0.5, 0.6) is 0 Å². The van der Waals surface area contributed by atoms with Gasteiger partial charge in [-0.25, -0.2) is 0 Å². The average molecular weight is 235 g/mol. The Bertz CT molecular complexity index is 324. The molecule has 0 heterocycles. The maximum absolute atomic E-state index is 11.6. The van der Waals surface area contributed by atoms with Crippen LogP contribution in [0.25, 0.3) is 0 Å². The highest BCUT2D eigenvalue weighted by Crippen LogP contribution is 2.12. The third-order valence-corrected chi connectivity index (χ3v) is 2.73. The summed E-state index contributed by atoms with van der Waals surface area (Å²) in [6, 6.07) is 9.26. The lowest BCUT2D eigenvalue weighted by atomic mass is 10.1. The van der Waals surface area contributed by atoms with Crippen molar-refractivity contribution < 1.29 is 9.90 Å². The number of rotatable bonds is 7. The lowest BCUT2D eigenvalue weighted by Crippen LogP contribution is -2.30. The number of benzene rings is 1. The Kier molecular flexibility index (Phi) is 6.33. The fraction of sp³-hybridized carbons (Fsp3) is 0.500. The summed E-state index contributed by atoms with van der Waals surface area (Å²) in [7, 11) is 0. The predicted octanol–water partition coefficient (Wildman–Crippen LogP) is 2.42. The van der Waals surface area contributed by atoms with E-state index in [0.29, 0.717) is 6.42 Å². The molecule has 1 aromatic carbocycles.